The van der Waals surface area contributed by atoms with Crippen molar-refractivity contribution in [2.75, 3.05) is 5.32 Å². The van der Waals surface area contributed by atoms with Crippen LogP contribution in [0.15, 0.2) is 53.3 Å². The zero-order chi connectivity index (χ0) is 16.4. The predicted molar refractivity (Wildman–Crippen MR) is 88.3 cm³/mol. The van der Waals surface area contributed by atoms with Gasteiger partial charge in [0, 0.05) is 10.7 Å². The predicted octanol–water partition coefficient (Wildman–Crippen LogP) is 2.77. The van der Waals surface area contributed by atoms with Crippen molar-refractivity contribution in [2.45, 2.75) is 6.92 Å². The molecule has 0 bridgehead atoms. The lowest BCUT2D eigenvalue weighted by Gasteiger charge is -2.07. The van der Waals surface area contributed by atoms with E-state index < -0.39 is 11.6 Å². The minimum Gasteiger partial charge on any atom is -0.319 e. The third-order valence-corrected chi connectivity index (χ3v) is 3.52. The first-order chi connectivity index (χ1) is 11.0. The first kappa shape index (κ1) is 15.1. The molecular weight excluding hydrogens is 316 g/mol. The molecule has 2 N–H and O–H groups in total. The van der Waals surface area contributed by atoms with Gasteiger partial charge >= 0.3 is 5.69 Å². The first-order valence-corrected chi connectivity index (χ1v) is 7.24. The number of para-hydroxylation sites is 1. The van der Waals surface area contributed by atoms with Gasteiger partial charge in [0.1, 0.15) is 0 Å². The van der Waals surface area contributed by atoms with Gasteiger partial charge in [-0.1, -0.05) is 35.9 Å². The van der Waals surface area contributed by atoms with Crippen molar-refractivity contribution in [1.82, 2.24) is 14.8 Å². The average molecular weight is 329 g/mol. The highest BCUT2D eigenvalue weighted by atomic mass is 35.5. The molecule has 0 spiro atoms. The highest BCUT2D eigenvalue weighted by Crippen LogP contribution is 2.20. The van der Waals surface area contributed by atoms with Crippen LogP contribution >= 0.6 is 11.6 Å². The SMILES string of the molecule is Cc1ccc(Cl)cc1NC(=O)c1nn(-c2ccccc2)c(=O)[nH]1. The number of nitrogens with one attached hydrogen (secondary N) is 2. The van der Waals surface area contributed by atoms with Gasteiger partial charge in [0.05, 0.1) is 5.69 Å². The number of benzene rings is 2. The Kier molecular flexibility index (Phi) is 3.99. The van der Waals surface area contributed by atoms with E-state index in [2.05, 4.69) is 15.4 Å². The van der Waals surface area contributed by atoms with Crippen molar-refractivity contribution in [3.8, 4) is 5.69 Å². The van der Waals surface area contributed by atoms with Gasteiger partial charge in [0.25, 0.3) is 5.91 Å². The molecule has 23 heavy (non-hydrogen) atoms. The smallest absolute Gasteiger partial charge is 0.319 e. The van der Waals surface area contributed by atoms with Crippen molar-refractivity contribution in [3.63, 3.8) is 0 Å². The molecule has 0 radical (unpaired) electrons. The first-order valence-electron chi connectivity index (χ1n) is 6.87. The van der Waals surface area contributed by atoms with Gasteiger partial charge < -0.3 is 5.32 Å². The third kappa shape index (κ3) is 3.17. The van der Waals surface area contributed by atoms with E-state index in [1.165, 1.54) is 0 Å². The highest BCUT2D eigenvalue weighted by Gasteiger charge is 2.15. The van der Waals surface area contributed by atoms with Gasteiger partial charge in [-0.15, -0.1) is 5.10 Å². The number of nitrogens with zero attached hydrogens (tertiary/aromatic N) is 2. The van der Waals surface area contributed by atoms with E-state index in [-0.39, 0.29) is 5.82 Å². The van der Waals surface area contributed by atoms with Gasteiger partial charge in [0.15, 0.2) is 0 Å². The number of aryl methyl sites for hydroxylation is 1. The average Bonchev–Trinajstić information content (AvgIpc) is 2.94. The number of rotatable bonds is 3. The number of aromatic nitrogens is 3. The second kappa shape index (κ2) is 6.10. The maximum atomic E-state index is 12.3. The number of anilines is 1. The maximum Gasteiger partial charge on any atom is 0.348 e. The van der Waals surface area contributed by atoms with E-state index in [0.29, 0.717) is 16.4 Å². The number of halogens is 1. The number of carbonyl (C=O) groups is 1. The van der Waals surface area contributed by atoms with E-state index >= 15 is 0 Å². The van der Waals surface area contributed by atoms with Crippen LogP contribution in [-0.4, -0.2) is 20.7 Å². The normalized spacial score (nSPS) is 10.5. The van der Waals surface area contributed by atoms with E-state index in [4.69, 9.17) is 11.6 Å². The summed E-state index contributed by atoms with van der Waals surface area (Å²) in [5.74, 6) is -0.583. The summed E-state index contributed by atoms with van der Waals surface area (Å²) in [4.78, 5) is 26.7. The van der Waals surface area contributed by atoms with E-state index in [1.807, 2.05) is 13.0 Å². The molecule has 0 unspecified atom stereocenters. The summed E-state index contributed by atoms with van der Waals surface area (Å²) in [6.07, 6.45) is 0. The molecule has 7 heteroatoms. The lowest BCUT2D eigenvalue weighted by molar-refractivity contribution is 0.101. The van der Waals surface area contributed by atoms with E-state index in [9.17, 15) is 9.59 Å². The molecule has 0 aliphatic rings. The molecule has 1 heterocycles. The summed E-state index contributed by atoms with van der Waals surface area (Å²) in [6, 6.07) is 14.0. The lowest BCUT2D eigenvalue weighted by atomic mass is 10.2. The minimum atomic E-state index is -0.512. The molecule has 2 aromatic carbocycles. The third-order valence-electron chi connectivity index (χ3n) is 3.28. The van der Waals surface area contributed by atoms with Crippen molar-refractivity contribution in [3.05, 3.63) is 75.4 Å². The second-order valence-electron chi connectivity index (χ2n) is 4.94. The van der Waals surface area contributed by atoms with Crippen LogP contribution in [0.2, 0.25) is 5.02 Å². The number of hydrogen-bond acceptors (Lipinski definition) is 3. The van der Waals surface area contributed by atoms with Gasteiger partial charge in [-0.05, 0) is 36.8 Å². The van der Waals surface area contributed by atoms with Crippen LogP contribution in [0.25, 0.3) is 5.69 Å². The second-order valence-corrected chi connectivity index (χ2v) is 5.38. The molecule has 0 atom stereocenters. The Morgan fingerprint density at radius 1 is 1.22 bits per heavy atom. The van der Waals surface area contributed by atoms with Crippen LogP contribution in [0.3, 0.4) is 0 Å². The summed E-state index contributed by atoms with van der Waals surface area (Å²) in [5.41, 5.74) is 1.51. The van der Waals surface area contributed by atoms with Gasteiger partial charge in [-0.3, -0.25) is 9.78 Å². The van der Waals surface area contributed by atoms with Crippen LogP contribution in [0, 0.1) is 6.92 Å². The van der Waals surface area contributed by atoms with Crippen LogP contribution in [0.5, 0.6) is 0 Å². The summed E-state index contributed by atoms with van der Waals surface area (Å²) >= 11 is 5.93. The minimum absolute atomic E-state index is 0.0711. The van der Waals surface area contributed by atoms with Crippen molar-refractivity contribution in [1.29, 1.82) is 0 Å². The fraction of sp³-hybridized carbons (Fsp3) is 0.0625. The molecule has 0 saturated carbocycles. The zero-order valence-corrected chi connectivity index (χ0v) is 13.0. The van der Waals surface area contributed by atoms with Gasteiger partial charge in [-0.2, -0.15) is 4.68 Å². The number of aromatic amines is 1. The topological polar surface area (TPSA) is 79.8 Å². The number of carbonyl (C=O) groups excluding carboxylic acids is 1. The van der Waals surface area contributed by atoms with Crippen molar-refractivity contribution in [2.24, 2.45) is 0 Å². The Morgan fingerprint density at radius 3 is 2.70 bits per heavy atom. The summed E-state index contributed by atoms with van der Waals surface area (Å²) in [6.45, 7) is 1.84. The summed E-state index contributed by atoms with van der Waals surface area (Å²) in [7, 11) is 0. The van der Waals surface area contributed by atoms with E-state index in [0.717, 1.165) is 10.2 Å². The lowest BCUT2D eigenvalue weighted by Crippen LogP contribution is -2.16. The van der Waals surface area contributed by atoms with Crippen LogP contribution in [0.4, 0.5) is 5.69 Å². The molecule has 3 aromatic rings. The monoisotopic (exact) mass is 328 g/mol. The molecule has 0 fully saturated rings. The largest absolute Gasteiger partial charge is 0.348 e. The van der Waals surface area contributed by atoms with Crippen LogP contribution in [-0.2, 0) is 0 Å². The van der Waals surface area contributed by atoms with E-state index in [1.54, 1.807) is 42.5 Å². The summed E-state index contributed by atoms with van der Waals surface area (Å²) in [5, 5.41) is 7.23. The Morgan fingerprint density at radius 2 is 1.96 bits per heavy atom. The number of H-pyrrole nitrogens is 1. The maximum absolute atomic E-state index is 12.3. The quantitative estimate of drug-likeness (QED) is 0.776. The molecule has 1 amide bonds. The van der Waals surface area contributed by atoms with Crippen LogP contribution < -0.4 is 11.0 Å². The Labute approximate surface area is 136 Å². The van der Waals surface area contributed by atoms with Gasteiger partial charge in [0.2, 0.25) is 5.82 Å². The number of amides is 1. The fourth-order valence-electron chi connectivity index (χ4n) is 2.08. The Hall–Kier alpha value is -2.86. The standard InChI is InChI=1S/C16H13ClN4O2/c1-10-7-8-11(17)9-13(10)18-15(22)14-19-16(23)21(20-14)12-5-3-2-4-6-12/h2-9H,1H3,(H,18,22)(H,19,20,23). The van der Waals surface area contributed by atoms with Gasteiger partial charge in [-0.25, -0.2) is 4.79 Å². The van der Waals surface area contributed by atoms with Crippen LogP contribution in [0.1, 0.15) is 16.2 Å². The van der Waals surface area contributed by atoms with Crippen molar-refractivity contribution < 1.29 is 4.79 Å². The van der Waals surface area contributed by atoms with Crippen molar-refractivity contribution >= 4 is 23.2 Å². The number of hydrogen-bond donors (Lipinski definition) is 2. The highest BCUT2D eigenvalue weighted by molar-refractivity contribution is 6.31. The molecule has 3 rings (SSSR count). The molecule has 0 saturated heterocycles. The molecular formula is C16H13ClN4O2. The molecule has 116 valence electrons. The Balaban J connectivity index is 1.89. The molecule has 1 aromatic heterocycles. The molecule has 0 aliphatic carbocycles. The summed E-state index contributed by atoms with van der Waals surface area (Å²) < 4.78 is 1.14. The molecule has 6 nitrogen and oxygen atoms in total. The molecule has 0 aliphatic heterocycles. The Bertz CT molecular complexity index is 915. The zero-order valence-electron chi connectivity index (χ0n) is 12.2. The fourth-order valence-corrected chi connectivity index (χ4v) is 2.25.